The second-order valence-electron chi connectivity index (χ2n) is 6.66. The number of sulfonamides is 1. The summed E-state index contributed by atoms with van der Waals surface area (Å²) in [6, 6.07) is 9.86. The van der Waals surface area contributed by atoms with Crippen LogP contribution in [0, 0.1) is 5.41 Å². The van der Waals surface area contributed by atoms with Crippen LogP contribution in [0.1, 0.15) is 30.7 Å². The summed E-state index contributed by atoms with van der Waals surface area (Å²) in [5, 5.41) is 2.69. The molecule has 0 aromatic heterocycles. The number of benzene rings is 1. The molecule has 22 heavy (non-hydrogen) atoms. The highest BCUT2D eigenvalue weighted by atomic mass is 32.2. The first-order valence-corrected chi connectivity index (χ1v) is 9.36. The Morgan fingerprint density at radius 1 is 1.18 bits per heavy atom. The Balaban J connectivity index is 1.73. The molecule has 0 radical (unpaired) electrons. The van der Waals surface area contributed by atoms with Gasteiger partial charge in [-0.25, -0.2) is 8.42 Å². The summed E-state index contributed by atoms with van der Waals surface area (Å²) in [5.41, 5.74) is 0.469. The number of nitrogens with one attached hydrogen (secondary N) is 1. The Kier molecular flexibility index (Phi) is 3.10. The molecule has 3 aliphatic rings. The van der Waals surface area contributed by atoms with Crippen LogP contribution in [0.5, 0.6) is 0 Å². The van der Waals surface area contributed by atoms with Crippen molar-refractivity contribution in [1.82, 2.24) is 9.62 Å². The van der Waals surface area contributed by atoms with Crippen LogP contribution < -0.4 is 5.32 Å². The average Bonchev–Trinajstić information content (AvgIpc) is 3.23. The summed E-state index contributed by atoms with van der Waals surface area (Å²) in [5.74, 6) is -0.0421. The minimum atomic E-state index is -3.24. The highest BCUT2D eigenvalue weighted by molar-refractivity contribution is 7.90. The Hall–Kier alpha value is -1.40. The van der Waals surface area contributed by atoms with E-state index in [1.54, 1.807) is 4.31 Å². The Morgan fingerprint density at radius 3 is 2.50 bits per heavy atom. The molecular weight excluding hydrogens is 300 g/mol. The number of hydrogen-bond acceptors (Lipinski definition) is 3. The predicted octanol–water partition coefficient (Wildman–Crippen LogP) is 1.08. The number of carbonyl (C=O) groups is 1. The van der Waals surface area contributed by atoms with Crippen molar-refractivity contribution in [3.63, 3.8) is 0 Å². The molecule has 2 saturated heterocycles. The van der Waals surface area contributed by atoms with Crippen molar-refractivity contribution < 1.29 is 13.2 Å². The molecule has 1 N–H and O–H groups in total. The maximum Gasteiger partial charge on any atom is 0.228 e. The van der Waals surface area contributed by atoms with Gasteiger partial charge in [0.15, 0.2) is 0 Å². The lowest BCUT2D eigenvalue weighted by molar-refractivity contribution is -0.127. The van der Waals surface area contributed by atoms with E-state index in [1.807, 2.05) is 30.3 Å². The number of rotatable bonds is 3. The largest absolute Gasteiger partial charge is 0.356 e. The summed E-state index contributed by atoms with van der Waals surface area (Å²) in [6.07, 6.45) is 2.23. The van der Waals surface area contributed by atoms with Gasteiger partial charge in [-0.15, -0.1) is 0 Å². The van der Waals surface area contributed by atoms with Crippen LogP contribution >= 0.6 is 0 Å². The van der Waals surface area contributed by atoms with E-state index in [2.05, 4.69) is 5.32 Å². The molecule has 2 aliphatic heterocycles. The quantitative estimate of drug-likeness (QED) is 0.906. The molecule has 2 atom stereocenters. The average molecular weight is 320 g/mol. The van der Waals surface area contributed by atoms with Crippen molar-refractivity contribution >= 4 is 15.9 Å². The fourth-order valence-electron chi connectivity index (χ4n) is 3.92. The number of carbonyl (C=O) groups excluding carboxylic acids is 1. The zero-order chi connectivity index (χ0) is 15.4. The van der Waals surface area contributed by atoms with E-state index in [9.17, 15) is 13.2 Å². The second kappa shape index (κ2) is 4.80. The van der Waals surface area contributed by atoms with Crippen molar-refractivity contribution in [2.24, 2.45) is 5.41 Å². The summed E-state index contributed by atoms with van der Waals surface area (Å²) in [4.78, 5) is 12.5. The summed E-state index contributed by atoms with van der Waals surface area (Å²) >= 11 is 0. The standard InChI is InChI=1S/C16H20N2O3S/c19-15-16(8-9-17-15)11-18(22(20,21)13-6-7-13)10-14(16)12-4-2-1-3-5-12/h1-5,13-14H,6-11H2,(H,17,19)/t14-,16-/m0/s1. The van der Waals surface area contributed by atoms with Crippen molar-refractivity contribution in [3.05, 3.63) is 35.9 Å². The van der Waals surface area contributed by atoms with Gasteiger partial charge < -0.3 is 5.32 Å². The first kappa shape index (κ1) is 14.2. The van der Waals surface area contributed by atoms with Crippen molar-refractivity contribution in [2.45, 2.75) is 30.4 Å². The normalized spacial score (nSPS) is 32.5. The van der Waals surface area contributed by atoms with Gasteiger partial charge in [0, 0.05) is 25.6 Å². The highest BCUT2D eigenvalue weighted by Crippen LogP contribution is 2.49. The third-order valence-corrected chi connectivity index (χ3v) is 7.64. The molecular formula is C16H20N2O3S. The molecule has 4 rings (SSSR count). The van der Waals surface area contributed by atoms with E-state index < -0.39 is 15.4 Å². The van der Waals surface area contributed by atoms with E-state index in [0.717, 1.165) is 18.4 Å². The molecule has 1 spiro atoms. The van der Waals surface area contributed by atoms with Gasteiger partial charge in [-0.2, -0.15) is 4.31 Å². The third kappa shape index (κ3) is 2.01. The van der Waals surface area contributed by atoms with Gasteiger partial charge in [0.1, 0.15) is 0 Å². The Morgan fingerprint density at radius 2 is 1.91 bits per heavy atom. The predicted molar refractivity (Wildman–Crippen MR) is 82.8 cm³/mol. The van der Waals surface area contributed by atoms with E-state index in [4.69, 9.17) is 0 Å². The smallest absolute Gasteiger partial charge is 0.228 e. The van der Waals surface area contributed by atoms with Gasteiger partial charge >= 0.3 is 0 Å². The lowest BCUT2D eigenvalue weighted by Gasteiger charge is -2.27. The summed E-state index contributed by atoms with van der Waals surface area (Å²) in [7, 11) is -3.24. The van der Waals surface area contributed by atoms with Crippen LogP contribution in [0.3, 0.4) is 0 Å². The van der Waals surface area contributed by atoms with Crippen LogP contribution in [0.15, 0.2) is 30.3 Å². The lowest BCUT2D eigenvalue weighted by atomic mass is 9.73. The van der Waals surface area contributed by atoms with Crippen LogP contribution in [0.25, 0.3) is 0 Å². The zero-order valence-electron chi connectivity index (χ0n) is 12.4. The first-order chi connectivity index (χ1) is 10.5. The van der Waals surface area contributed by atoms with Gasteiger partial charge in [0.05, 0.1) is 10.7 Å². The highest BCUT2D eigenvalue weighted by Gasteiger charge is 2.58. The molecule has 1 saturated carbocycles. The minimum absolute atomic E-state index is 0.00912. The lowest BCUT2D eigenvalue weighted by Crippen LogP contribution is -2.39. The van der Waals surface area contributed by atoms with E-state index in [0.29, 0.717) is 26.1 Å². The van der Waals surface area contributed by atoms with Crippen molar-refractivity contribution in [2.75, 3.05) is 19.6 Å². The van der Waals surface area contributed by atoms with Gasteiger partial charge in [-0.05, 0) is 24.8 Å². The van der Waals surface area contributed by atoms with Crippen molar-refractivity contribution in [1.29, 1.82) is 0 Å². The van der Waals surface area contributed by atoms with E-state index in [1.165, 1.54) is 0 Å². The molecule has 5 nitrogen and oxygen atoms in total. The minimum Gasteiger partial charge on any atom is -0.356 e. The third-order valence-electron chi connectivity index (χ3n) is 5.33. The molecule has 0 bridgehead atoms. The molecule has 6 heteroatoms. The SMILES string of the molecule is O=C1NCC[C@@]12CN(S(=O)(=O)C1CC1)C[C@H]2c1ccccc1. The number of amides is 1. The summed E-state index contributed by atoms with van der Waals surface area (Å²) in [6.45, 7) is 1.40. The second-order valence-corrected chi connectivity index (χ2v) is 8.88. The monoisotopic (exact) mass is 320 g/mol. The van der Waals surface area contributed by atoms with E-state index in [-0.39, 0.29) is 17.1 Å². The number of hydrogen-bond donors (Lipinski definition) is 1. The van der Waals surface area contributed by atoms with E-state index >= 15 is 0 Å². The topological polar surface area (TPSA) is 66.5 Å². The van der Waals surface area contributed by atoms with Gasteiger partial charge in [0.25, 0.3) is 0 Å². The molecule has 1 aromatic carbocycles. The van der Waals surface area contributed by atoms with Crippen LogP contribution in [0.2, 0.25) is 0 Å². The van der Waals surface area contributed by atoms with Gasteiger partial charge in [0.2, 0.25) is 15.9 Å². The fourth-order valence-corrected chi connectivity index (χ4v) is 5.84. The molecule has 1 aromatic rings. The molecule has 3 fully saturated rings. The van der Waals surface area contributed by atoms with Crippen molar-refractivity contribution in [3.8, 4) is 0 Å². The first-order valence-electron chi connectivity index (χ1n) is 7.86. The van der Waals surface area contributed by atoms with Crippen LogP contribution in [0.4, 0.5) is 0 Å². The summed E-state index contributed by atoms with van der Waals surface area (Å²) < 4.78 is 26.8. The molecule has 1 amide bonds. The Labute approximate surface area is 130 Å². The molecule has 1 aliphatic carbocycles. The molecule has 2 heterocycles. The molecule has 0 unspecified atom stereocenters. The maximum atomic E-state index is 12.6. The Bertz CT molecular complexity index is 699. The fraction of sp³-hybridized carbons (Fsp3) is 0.562. The number of nitrogens with zero attached hydrogens (tertiary/aromatic N) is 1. The zero-order valence-corrected chi connectivity index (χ0v) is 13.2. The van der Waals surface area contributed by atoms with Crippen LogP contribution in [-0.4, -0.2) is 43.5 Å². The van der Waals surface area contributed by atoms with Gasteiger partial charge in [-0.1, -0.05) is 30.3 Å². The van der Waals surface area contributed by atoms with Crippen LogP contribution in [-0.2, 0) is 14.8 Å². The van der Waals surface area contributed by atoms with Gasteiger partial charge in [-0.3, -0.25) is 4.79 Å². The molecule has 118 valence electrons. The maximum absolute atomic E-state index is 12.6.